The summed E-state index contributed by atoms with van der Waals surface area (Å²) in [6.07, 6.45) is 0.329. The van der Waals surface area contributed by atoms with Crippen molar-refractivity contribution < 1.29 is 5.11 Å². The molecule has 3 aromatic rings. The van der Waals surface area contributed by atoms with Crippen molar-refractivity contribution >= 4 is 32.7 Å². The van der Waals surface area contributed by atoms with Crippen LogP contribution in [0.4, 0.5) is 5.82 Å². The number of nitrogens with zero attached hydrogens (tertiary/aromatic N) is 3. The smallest absolute Gasteiger partial charge is 0.354 e. The summed E-state index contributed by atoms with van der Waals surface area (Å²) in [5.41, 5.74) is 2.35. The van der Waals surface area contributed by atoms with Crippen LogP contribution in [0.5, 0.6) is 0 Å². The Kier molecular flexibility index (Phi) is 4.09. The number of halogens is 1. The standard InChI is InChI=1S/C19H18BrN3O2/c1-12-6-7-14-17(10-12)23(16-5-3-2-4-15(16)20)19(25)21-18(14)22-9-8-13(24)11-22/h2-7,10,13,24H,8-9,11H2,1H3. The molecule has 0 saturated carbocycles. The molecule has 5 nitrogen and oxygen atoms in total. The highest BCUT2D eigenvalue weighted by Gasteiger charge is 2.24. The van der Waals surface area contributed by atoms with Crippen LogP contribution in [0.1, 0.15) is 12.0 Å². The summed E-state index contributed by atoms with van der Waals surface area (Å²) in [6, 6.07) is 13.7. The average Bonchev–Trinajstić information content (AvgIpc) is 3.01. The van der Waals surface area contributed by atoms with Crippen LogP contribution >= 0.6 is 15.9 Å². The highest BCUT2D eigenvalue weighted by atomic mass is 79.9. The lowest BCUT2D eigenvalue weighted by atomic mass is 10.1. The van der Waals surface area contributed by atoms with E-state index >= 15 is 0 Å². The minimum atomic E-state index is -0.368. The van der Waals surface area contributed by atoms with Crippen molar-refractivity contribution in [3.8, 4) is 5.69 Å². The maximum Gasteiger partial charge on any atom is 0.354 e. The highest BCUT2D eigenvalue weighted by molar-refractivity contribution is 9.10. The highest BCUT2D eigenvalue weighted by Crippen LogP contribution is 2.30. The first-order valence-electron chi connectivity index (χ1n) is 8.26. The zero-order chi connectivity index (χ0) is 17.6. The molecule has 25 heavy (non-hydrogen) atoms. The fraction of sp³-hybridized carbons (Fsp3) is 0.263. The van der Waals surface area contributed by atoms with Gasteiger partial charge in [-0.3, -0.25) is 4.57 Å². The molecule has 0 amide bonds. The largest absolute Gasteiger partial charge is 0.391 e. The Balaban J connectivity index is 2.03. The monoisotopic (exact) mass is 399 g/mol. The summed E-state index contributed by atoms with van der Waals surface area (Å²) in [5.74, 6) is 0.653. The van der Waals surface area contributed by atoms with Crippen LogP contribution in [0.25, 0.3) is 16.6 Å². The maximum absolute atomic E-state index is 12.9. The Morgan fingerprint density at radius 1 is 1.24 bits per heavy atom. The summed E-state index contributed by atoms with van der Waals surface area (Å²) >= 11 is 3.53. The van der Waals surface area contributed by atoms with Gasteiger partial charge in [0.25, 0.3) is 0 Å². The van der Waals surface area contributed by atoms with Crippen molar-refractivity contribution in [1.29, 1.82) is 0 Å². The summed E-state index contributed by atoms with van der Waals surface area (Å²) in [6.45, 7) is 3.22. The molecule has 1 N–H and O–H groups in total. The van der Waals surface area contributed by atoms with Crippen molar-refractivity contribution in [3.05, 3.63) is 63.0 Å². The lowest BCUT2D eigenvalue weighted by Gasteiger charge is -2.21. The Morgan fingerprint density at radius 2 is 2.04 bits per heavy atom. The molecule has 4 rings (SSSR count). The molecule has 2 aromatic carbocycles. The van der Waals surface area contributed by atoms with Gasteiger partial charge >= 0.3 is 5.69 Å². The predicted molar refractivity (Wildman–Crippen MR) is 103 cm³/mol. The molecule has 1 unspecified atom stereocenters. The van der Waals surface area contributed by atoms with E-state index in [2.05, 4.69) is 20.9 Å². The lowest BCUT2D eigenvalue weighted by molar-refractivity contribution is 0.198. The third-order valence-electron chi connectivity index (χ3n) is 4.58. The molecule has 1 aliphatic rings. The second-order valence-corrected chi connectivity index (χ2v) is 7.27. The van der Waals surface area contributed by atoms with Crippen molar-refractivity contribution in [2.45, 2.75) is 19.4 Å². The minimum absolute atomic E-state index is 0.318. The first-order chi connectivity index (χ1) is 12.0. The van der Waals surface area contributed by atoms with Gasteiger partial charge in [-0.15, -0.1) is 0 Å². The number of β-amino-alcohol motifs (C(OH)–C–C–N with tert-alkyl or cyclic N) is 1. The number of anilines is 1. The molecule has 1 aromatic heterocycles. The predicted octanol–water partition coefficient (Wildman–Crippen LogP) is 3.03. The summed E-state index contributed by atoms with van der Waals surface area (Å²) in [4.78, 5) is 19.3. The van der Waals surface area contributed by atoms with Crippen molar-refractivity contribution in [2.24, 2.45) is 0 Å². The van der Waals surface area contributed by atoms with Gasteiger partial charge in [-0.1, -0.05) is 18.2 Å². The van der Waals surface area contributed by atoms with E-state index in [0.717, 1.165) is 26.6 Å². The molecule has 0 spiro atoms. The maximum atomic E-state index is 12.9. The van der Waals surface area contributed by atoms with Gasteiger partial charge in [0.05, 0.1) is 17.3 Å². The Bertz CT molecular complexity index is 1020. The molecule has 0 radical (unpaired) electrons. The second-order valence-electron chi connectivity index (χ2n) is 6.41. The van der Waals surface area contributed by atoms with Gasteiger partial charge in [0, 0.05) is 22.9 Å². The van der Waals surface area contributed by atoms with E-state index in [1.807, 2.05) is 54.3 Å². The zero-order valence-electron chi connectivity index (χ0n) is 13.8. The Labute approximate surface area is 153 Å². The average molecular weight is 400 g/mol. The minimum Gasteiger partial charge on any atom is -0.391 e. The molecular weight excluding hydrogens is 382 g/mol. The van der Waals surface area contributed by atoms with Gasteiger partial charge in [-0.2, -0.15) is 4.98 Å². The number of aromatic nitrogens is 2. The Morgan fingerprint density at radius 3 is 2.76 bits per heavy atom. The van der Waals surface area contributed by atoms with Crippen LogP contribution in [-0.4, -0.2) is 33.9 Å². The van der Waals surface area contributed by atoms with Crippen LogP contribution in [0.2, 0.25) is 0 Å². The number of benzene rings is 2. The number of para-hydroxylation sites is 1. The van der Waals surface area contributed by atoms with E-state index in [4.69, 9.17) is 0 Å². The van der Waals surface area contributed by atoms with E-state index in [1.165, 1.54) is 0 Å². The number of aliphatic hydroxyl groups excluding tert-OH is 1. The van der Waals surface area contributed by atoms with Crippen LogP contribution < -0.4 is 10.6 Å². The topological polar surface area (TPSA) is 58.4 Å². The van der Waals surface area contributed by atoms with Gasteiger partial charge in [0.15, 0.2) is 0 Å². The van der Waals surface area contributed by atoms with E-state index in [1.54, 1.807) is 4.57 Å². The third-order valence-corrected chi connectivity index (χ3v) is 5.25. The molecule has 1 saturated heterocycles. The molecule has 1 fully saturated rings. The molecule has 1 aliphatic heterocycles. The van der Waals surface area contributed by atoms with Crippen LogP contribution in [0, 0.1) is 6.92 Å². The van der Waals surface area contributed by atoms with Gasteiger partial charge < -0.3 is 10.0 Å². The van der Waals surface area contributed by atoms with Crippen LogP contribution in [0.15, 0.2) is 51.7 Å². The lowest BCUT2D eigenvalue weighted by Crippen LogP contribution is -2.29. The first-order valence-corrected chi connectivity index (χ1v) is 9.05. The van der Waals surface area contributed by atoms with Crippen LogP contribution in [-0.2, 0) is 0 Å². The second kappa shape index (κ2) is 6.28. The van der Waals surface area contributed by atoms with Crippen molar-refractivity contribution in [2.75, 3.05) is 18.0 Å². The number of hydrogen-bond acceptors (Lipinski definition) is 4. The van der Waals surface area contributed by atoms with Crippen molar-refractivity contribution in [3.63, 3.8) is 0 Å². The number of aliphatic hydroxyl groups is 1. The van der Waals surface area contributed by atoms with E-state index in [-0.39, 0.29) is 11.8 Å². The number of rotatable bonds is 2. The number of fused-ring (bicyclic) bond motifs is 1. The van der Waals surface area contributed by atoms with Gasteiger partial charge in [-0.25, -0.2) is 4.79 Å². The molecule has 128 valence electrons. The fourth-order valence-electron chi connectivity index (χ4n) is 3.36. The van der Waals surface area contributed by atoms with Crippen LogP contribution in [0.3, 0.4) is 0 Å². The number of hydrogen-bond donors (Lipinski definition) is 1. The molecule has 2 heterocycles. The number of aryl methyl sites for hydroxylation is 1. The molecule has 1 atom stereocenters. The Hall–Kier alpha value is -2.18. The first kappa shape index (κ1) is 16.3. The van der Waals surface area contributed by atoms with E-state index in [0.29, 0.717) is 25.3 Å². The fourth-order valence-corrected chi connectivity index (χ4v) is 3.82. The molecular formula is C19H18BrN3O2. The molecule has 6 heteroatoms. The zero-order valence-corrected chi connectivity index (χ0v) is 15.4. The molecule has 0 aliphatic carbocycles. The SMILES string of the molecule is Cc1ccc2c(N3CCC(O)C3)nc(=O)n(-c3ccccc3Br)c2c1. The van der Waals surface area contributed by atoms with Gasteiger partial charge in [0.1, 0.15) is 5.82 Å². The van der Waals surface area contributed by atoms with E-state index < -0.39 is 0 Å². The summed E-state index contributed by atoms with van der Waals surface area (Å²) in [7, 11) is 0. The normalized spacial score (nSPS) is 17.4. The summed E-state index contributed by atoms with van der Waals surface area (Å²) in [5, 5.41) is 10.8. The van der Waals surface area contributed by atoms with Gasteiger partial charge in [-0.05, 0) is 59.1 Å². The molecule has 0 bridgehead atoms. The third kappa shape index (κ3) is 2.85. The quantitative estimate of drug-likeness (QED) is 0.719. The summed E-state index contributed by atoms with van der Waals surface area (Å²) < 4.78 is 2.48. The van der Waals surface area contributed by atoms with Gasteiger partial charge in [0.2, 0.25) is 0 Å². The van der Waals surface area contributed by atoms with E-state index in [9.17, 15) is 9.90 Å². The van der Waals surface area contributed by atoms with Crippen molar-refractivity contribution in [1.82, 2.24) is 9.55 Å².